The zero-order chi connectivity index (χ0) is 17.5. The molecule has 5 aromatic rings. The summed E-state index contributed by atoms with van der Waals surface area (Å²) >= 11 is 6.12. The molecule has 0 aliphatic carbocycles. The highest BCUT2D eigenvalue weighted by Gasteiger charge is 2.23. The number of imidazole rings is 2. The van der Waals surface area contributed by atoms with Crippen molar-refractivity contribution >= 4 is 22.9 Å². The van der Waals surface area contributed by atoms with Crippen LogP contribution in [0, 0.1) is 0 Å². The molecule has 1 aromatic carbocycles. The molecule has 0 aliphatic rings. The van der Waals surface area contributed by atoms with E-state index < -0.39 is 0 Å². The maximum absolute atomic E-state index is 6.12. The largest absolute Gasteiger partial charge is 0.303 e. The minimum absolute atomic E-state index is 0.0120. The molecule has 4 aromatic heterocycles. The summed E-state index contributed by atoms with van der Waals surface area (Å²) in [7, 11) is 0. The van der Waals surface area contributed by atoms with Crippen molar-refractivity contribution < 1.29 is 0 Å². The number of hydrogen-bond donors (Lipinski definition) is 0. The van der Waals surface area contributed by atoms with Gasteiger partial charge >= 0.3 is 0 Å². The first-order valence-corrected chi connectivity index (χ1v) is 8.78. The Labute approximate surface area is 155 Å². The van der Waals surface area contributed by atoms with E-state index in [2.05, 4.69) is 30.9 Å². The summed E-state index contributed by atoms with van der Waals surface area (Å²) in [5.41, 5.74) is 5.18. The molecule has 0 spiro atoms. The molecule has 0 fully saturated rings. The van der Waals surface area contributed by atoms with Crippen LogP contribution in [0.2, 0.25) is 5.02 Å². The number of aromatic nitrogens is 4. The standard InChI is InChI=1S/C21H15ClN4/c22-16-9-7-15(8-10-16)21(17-13-23-19-5-1-3-11-25(17)19)18-14-24-20-6-2-4-12-26(18)20/h1-14,21H. The van der Waals surface area contributed by atoms with Crippen LogP contribution < -0.4 is 0 Å². The molecule has 126 valence electrons. The summed E-state index contributed by atoms with van der Waals surface area (Å²) in [6, 6.07) is 20.0. The van der Waals surface area contributed by atoms with Crippen LogP contribution >= 0.6 is 11.6 Å². The average molecular weight is 359 g/mol. The second-order valence-electron chi connectivity index (χ2n) is 6.21. The van der Waals surface area contributed by atoms with Gasteiger partial charge in [0.05, 0.1) is 29.7 Å². The Morgan fingerprint density at radius 1 is 0.692 bits per heavy atom. The van der Waals surface area contributed by atoms with Gasteiger partial charge in [-0.1, -0.05) is 35.9 Å². The molecule has 0 saturated heterocycles. The Bertz CT molecular complexity index is 1130. The predicted octanol–water partition coefficient (Wildman–Crippen LogP) is 4.82. The van der Waals surface area contributed by atoms with E-state index in [9.17, 15) is 0 Å². The fourth-order valence-electron chi connectivity index (χ4n) is 3.48. The van der Waals surface area contributed by atoms with Crippen molar-refractivity contribution in [2.45, 2.75) is 5.92 Å². The maximum atomic E-state index is 6.12. The average Bonchev–Trinajstić information content (AvgIpc) is 3.29. The van der Waals surface area contributed by atoms with Gasteiger partial charge in [-0.15, -0.1) is 0 Å². The van der Waals surface area contributed by atoms with Crippen molar-refractivity contribution in [3.05, 3.63) is 107 Å². The van der Waals surface area contributed by atoms with Crippen molar-refractivity contribution in [1.29, 1.82) is 0 Å². The quantitative estimate of drug-likeness (QED) is 0.463. The number of rotatable bonds is 3. The molecule has 0 atom stereocenters. The topological polar surface area (TPSA) is 34.6 Å². The first kappa shape index (κ1) is 15.2. The third-order valence-corrected chi connectivity index (χ3v) is 4.94. The number of hydrogen-bond acceptors (Lipinski definition) is 2. The predicted molar refractivity (Wildman–Crippen MR) is 103 cm³/mol. The van der Waals surface area contributed by atoms with Crippen LogP contribution in [0.15, 0.2) is 85.5 Å². The lowest BCUT2D eigenvalue weighted by atomic mass is 9.93. The van der Waals surface area contributed by atoms with E-state index in [0.29, 0.717) is 0 Å². The Hall–Kier alpha value is -3.11. The third kappa shape index (κ3) is 2.38. The fraction of sp³-hybridized carbons (Fsp3) is 0.0476. The van der Waals surface area contributed by atoms with E-state index in [1.165, 1.54) is 0 Å². The summed E-state index contributed by atoms with van der Waals surface area (Å²) in [6.45, 7) is 0. The first-order valence-electron chi connectivity index (χ1n) is 8.41. The highest BCUT2D eigenvalue weighted by molar-refractivity contribution is 6.30. The Morgan fingerprint density at radius 3 is 1.77 bits per heavy atom. The van der Waals surface area contributed by atoms with Crippen LogP contribution in [0.25, 0.3) is 11.3 Å². The van der Waals surface area contributed by atoms with Crippen molar-refractivity contribution in [2.24, 2.45) is 0 Å². The molecule has 0 aliphatic heterocycles. The second-order valence-corrected chi connectivity index (χ2v) is 6.64. The van der Waals surface area contributed by atoms with Gasteiger partial charge in [0.2, 0.25) is 0 Å². The van der Waals surface area contributed by atoms with Gasteiger partial charge in [-0.25, -0.2) is 9.97 Å². The first-order chi connectivity index (χ1) is 12.8. The van der Waals surface area contributed by atoms with E-state index in [0.717, 1.165) is 33.3 Å². The van der Waals surface area contributed by atoms with Gasteiger partial charge in [-0.05, 0) is 42.0 Å². The van der Waals surface area contributed by atoms with Crippen LogP contribution in [0.3, 0.4) is 0 Å². The number of benzene rings is 1. The summed E-state index contributed by atoms with van der Waals surface area (Å²) in [5.74, 6) is -0.0120. The van der Waals surface area contributed by atoms with Crippen LogP contribution in [0.1, 0.15) is 22.9 Å². The highest BCUT2D eigenvalue weighted by atomic mass is 35.5. The number of pyridine rings is 2. The van der Waals surface area contributed by atoms with Crippen molar-refractivity contribution in [3.63, 3.8) is 0 Å². The van der Waals surface area contributed by atoms with Crippen LogP contribution in [0.5, 0.6) is 0 Å². The van der Waals surface area contributed by atoms with Crippen LogP contribution in [0.4, 0.5) is 0 Å². The molecule has 4 nitrogen and oxygen atoms in total. The molecule has 5 rings (SSSR count). The molecule has 0 N–H and O–H groups in total. The summed E-state index contributed by atoms with van der Waals surface area (Å²) in [4.78, 5) is 9.16. The van der Waals surface area contributed by atoms with Gasteiger partial charge < -0.3 is 8.80 Å². The molecule has 0 radical (unpaired) electrons. The summed E-state index contributed by atoms with van der Waals surface area (Å²) < 4.78 is 4.25. The highest BCUT2D eigenvalue weighted by Crippen LogP contribution is 2.33. The SMILES string of the molecule is Clc1ccc(C(c2cnc3ccccn23)c2cnc3ccccn23)cc1. The lowest BCUT2D eigenvalue weighted by Gasteiger charge is -2.17. The Kier molecular flexibility index (Phi) is 3.50. The normalized spacial score (nSPS) is 11.6. The fourth-order valence-corrected chi connectivity index (χ4v) is 3.61. The van der Waals surface area contributed by atoms with Crippen LogP contribution in [-0.2, 0) is 0 Å². The van der Waals surface area contributed by atoms with Crippen LogP contribution in [-0.4, -0.2) is 18.8 Å². The second kappa shape index (κ2) is 6.00. The monoisotopic (exact) mass is 358 g/mol. The maximum Gasteiger partial charge on any atom is 0.136 e. The molecule has 0 amide bonds. The van der Waals surface area contributed by atoms with E-state index in [-0.39, 0.29) is 5.92 Å². The number of nitrogens with zero attached hydrogens (tertiary/aromatic N) is 4. The Morgan fingerprint density at radius 2 is 1.23 bits per heavy atom. The number of halogens is 1. The van der Waals surface area contributed by atoms with Gasteiger partial charge in [0, 0.05) is 17.4 Å². The molecule has 26 heavy (non-hydrogen) atoms. The van der Waals surface area contributed by atoms with Crippen molar-refractivity contribution in [2.75, 3.05) is 0 Å². The van der Waals surface area contributed by atoms with E-state index in [1.807, 2.05) is 73.3 Å². The minimum atomic E-state index is -0.0120. The number of fused-ring (bicyclic) bond motifs is 2. The lowest BCUT2D eigenvalue weighted by molar-refractivity contribution is 0.846. The molecular formula is C21H15ClN4. The van der Waals surface area contributed by atoms with Crippen molar-refractivity contribution in [1.82, 2.24) is 18.8 Å². The molecule has 5 heteroatoms. The molecular weight excluding hydrogens is 344 g/mol. The Balaban J connectivity index is 1.79. The summed E-state index contributed by atoms with van der Waals surface area (Å²) in [5, 5.41) is 0.726. The van der Waals surface area contributed by atoms with Gasteiger partial charge in [0.25, 0.3) is 0 Å². The molecule has 4 heterocycles. The zero-order valence-corrected chi connectivity index (χ0v) is 14.6. The van der Waals surface area contributed by atoms with Gasteiger partial charge in [-0.2, -0.15) is 0 Å². The third-order valence-electron chi connectivity index (χ3n) is 4.69. The van der Waals surface area contributed by atoms with E-state index >= 15 is 0 Å². The minimum Gasteiger partial charge on any atom is -0.303 e. The lowest BCUT2D eigenvalue weighted by Crippen LogP contribution is -2.09. The molecule has 0 bridgehead atoms. The van der Waals surface area contributed by atoms with E-state index in [4.69, 9.17) is 11.6 Å². The smallest absolute Gasteiger partial charge is 0.136 e. The van der Waals surface area contributed by atoms with Gasteiger partial charge in [0.1, 0.15) is 11.3 Å². The zero-order valence-electron chi connectivity index (χ0n) is 13.8. The molecule has 0 unspecified atom stereocenters. The van der Waals surface area contributed by atoms with Gasteiger partial charge in [-0.3, -0.25) is 0 Å². The summed E-state index contributed by atoms with van der Waals surface area (Å²) in [6.07, 6.45) is 7.97. The van der Waals surface area contributed by atoms with E-state index in [1.54, 1.807) is 0 Å². The molecule has 0 saturated carbocycles. The van der Waals surface area contributed by atoms with Crippen molar-refractivity contribution in [3.8, 4) is 0 Å². The van der Waals surface area contributed by atoms with Gasteiger partial charge in [0.15, 0.2) is 0 Å².